The van der Waals surface area contributed by atoms with Gasteiger partial charge in [-0.05, 0) is 54.6 Å². The highest BCUT2D eigenvalue weighted by molar-refractivity contribution is 7.19. The Morgan fingerprint density at radius 1 is 0.298 bits per heavy atom. The van der Waals surface area contributed by atoms with Gasteiger partial charge in [0.2, 0.25) is 35.3 Å². The van der Waals surface area contributed by atoms with Gasteiger partial charge in [-0.25, -0.2) is 0 Å². The zero-order valence-corrected chi connectivity index (χ0v) is 32.4. The lowest BCUT2D eigenvalue weighted by Gasteiger charge is -2.04. The van der Waals surface area contributed by atoms with E-state index in [0.717, 1.165) is 65.1 Å². The van der Waals surface area contributed by atoms with Crippen LogP contribution in [0.15, 0.2) is 104 Å². The van der Waals surface area contributed by atoms with Gasteiger partial charge in [-0.15, -0.1) is 61.2 Å². The molecule has 4 aromatic carbocycles. The van der Waals surface area contributed by atoms with Crippen molar-refractivity contribution in [2.75, 3.05) is 0 Å². The van der Waals surface area contributed by atoms with E-state index < -0.39 is 0 Å². The van der Waals surface area contributed by atoms with Gasteiger partial charge in [0.1, 0.15) is 30.0 Å². The molecule has 10 rings (SSSR count). The predicted octanol–water partition coefficient (Wildman–Crippen LogP) is 9.32. The lowest BCUT2D eigenvalue weighted by atomic mass is 10.1. The number of aryl methyl sites for hydroxylation is 3. The topological polar surface area (TPSA) is 194 Å². The lowest BCUT2D eigenvalue weighted by Crippen LogP contribution is -1.86. The molecule has 57 heavy (non-hydrogen) atoms. The molecule has 0 N–H and O–H groups in total. The molecular formula is C39H24N12O3S3. The van der Waals surface area contributed by atoms with Gasteiger partial charge in [-0.1, -0.05) is 70.4 Å². The molecule has 6 aromatic heterocycles. The van der Waals surface area contributed by atoms with Crippen molar-refractivity contribution in [3.8, 4) is 97.8 Å². The summed E-state index contributed by atoms with van der Waals surface area (Å²) in [5.74, 6) is 2.81. The molecule has 6 heterocycles. The normalized spacial score (nSPS) is 11.4. The summed E-state index contributed by atoms with van der Waals surface area (Å²) >= 11 is 4.41. The molecule has 0 radical (unpaired) electrons. The Labute approximate surface area is 334 Å². The van der Waals surface area contributed by atoms with E-state index in [4.69, 9.17) is 13.3 Å². The molecule has 0 fully saturated rings. The molecule has 15 nitrogen and oxygen atoms in total. The van der Waals surface area contributed by atoms with E-state index in [9.17, 15) is 0 Å². The molecule has 0 bridgehead atoms. The van der Waals surface area contributed by atoms with Gasteiger partial charge < -0.3 is 13.3 Å². The maximum Gasteiger partial charge on any atom is 0.247 e. The Bertz CT molecular complexity index is 2730. The Hall–Kier alpha value is -7.02. The van der Waals surface area contributed by atoms with Crippen LogP contribution in [0, 0.1) is 20.8 Å². The second-order valence-corrected chi connectivity index (χ2v) is 15.6. The number of rotatable bonds is 9. The van der Waals surface area contributed by atoms with E-state index >= 15 is 0 Å². The molecule has 0 amide bonds. The molecule has 0 spiro atoms. The largest absolute Gasteiger partial charge is 0.421 e. The van der Waals surface area contributed by atoms with Gasteiger partial charge in [0.05, 0.1) is 0 Å². The number of hydrogen-bond acceptors (Lipinski definition) is 18. The minimum atomic E-state index is 0.442. The molecular weight excluding hydrogens is 781 g/mol. The van der Waals surface area contributed by atoms with Crippen molar-refractivity contribution >= 4 is 34.0 Å². The van der Waals surface area contributed by atoms with E-state index in [1.807, 2.05) is 91.0 Å². The Balaban J connectivity index is 1.03. The first-order chi connectivity index (χ1) is 27.9. The number of hydrogen-bond donors (Lipinski definition) is 0. The fourth-order valence-electron chi connectivity index (χ4n) is 5.96. The second kappa shape index (κ2) is 14.2. The predicted molar refractivity (Wildman–Crippen MR) is 214 cm³/mol. The third-order valence-electron chi connectivity index (χ3n) is 8.60. The number of benzene rings is 4. The van der Waals surface area contributed by atoms with Crippen LogP contribution in [-0.4, -0.2) is 61.2 Å². The van der Waals surface area contributed by atoms with Crippen LogP contribution in [-0.2, 0) is 0 Å². The highest BCUT2D eigenvalue weighted by Gasteiger charge is 2.19. The lowest BCUT2D eigenvalue weighted by molar-refractivity contribution is 0.532. The van der Waals surface area contributed by atoms with E-state index in [1.165, 1.54) is 34.0 Å². The first-order valence-electron chi connectivity index (χ1n) is 17.3. The van der Waals surface area contributed by atoms with Crippen LogP contribution in [0.2, 0.25) is 0 Å². The standard InChI is InChI=1S/C39H24N12O3S3/c1-19-40-43-31(52-19)22-7-4-10-25(13-22)34-46-49-37(55-34)28-16-29(38-50-47-35(56-38)26-11-5-8-23(14-26)32-44-41-20(2)53-32)18-30(17-28)39-51-48-36(57-39)27-12-6-9-24(15-27)33-45-42-21(3)54-33/h4-18H,1-3H3. The maximum absolute atomic E-state index is 5.67. The highest BCUT2D eigenvalue weighted by Crippen LogP contribution is 2.40. The molecule has 0 atom stereocenters. The summed E-state index contributed by atoms with van der Waals surface area (Å²) in [6.07, 6.45) is 0. The van der Waals surface area contributed by atoms with Gasteiger partial charge in [0, 0.05) is 70.8 Å². The van der Waals surface area contributed by atoms with Crippen molar-refractivity contribution in [1.29, 1.82) is 0 Å². The van der Waals surface area contributed by atoms with Crippen molar-refractivity contribution in [1.82, 2.24) is 61.2 Å². The quantitative estimate of drug-likeness (QED) is 0.134. The van der Waals surface area contributed by atoms with Crippen LogP contribution in [0.4, 0.5) is 0 Å². The summed E-state index contributed by atoms with van der Waals surface area (Å²) in [7, 11) is 0. The van der Waals surface area contributed by atoms with E-state index in [0.29, 0.717) is 50.4 Å². The van der Waals surface area contributed by atoms with E-state index in [2.05, 4.69) is 61.2 Å². The van der Waals surface area contributed by atoms with Gasteiger partial charge in [-0.2, -0.15) is 0 Å². The van der Waals surface area contributed by atoms with Crippen molar-refractivity contribution in [2.24, 2.45) is 0 Å². The van der Waals surface area contributed by atoms with Crippen molar-refractivity contribution in [2.45, 2.75) is 20.8 Å². The van der Waals surface area contributed by atoms with Gasteiger partial charge >= 0.3 is 0 Å². The summed E-state index contributed by atoms with van der Waals surface area (Å²) in [5.41, 5.74) is 7.53. The molecule has 0 aliphatic heterocycles. The van der Waals surface area contributed by atoms with Crippen LogP contribution < -0.4 is 0 Å². The molecule has 0 unspecified atom stereocenters. The molecule has 0 saturated carbocycles. The monoisotopic (exact) mass is 804 g/mol. The second-order valence-electron chi connectivity index (χ2n) is 12.7. The minimum Gasteiger partial charge on any atom is -0.421 e. The zero-order chi connectivity index (χ0) is 38.5. The molecule has 0 saturated heterocycles. The van der Waals surface area contributed by atoms with Crippen LogP contribution in [0.5, 0.6) is 0 Å². The number of nitrogens with zero attached hydrogens (tertiary/aromatic N) is 12. The molecule has 276 valence electrons. The van der Waals surface area contributed by atoms with Gasteiger partial charge in [0.15, 0.2) is 0 Å². The van der Waals surface area contributed by atoms with Crippen molar-refractivity contribution < 1.29 is 13.3 Å². The Morgan fingerprint density at radius 3 is 0.807 bits per heavy atom. The fraction of sp³-hybridized carbons (Fsp3) is 0.0769. The number of aromatic nitrogens is 12. The van der Waals surface area contributed by atoms with Crippen molar-refractivity contribution in [3.63, 3.8) is 0 Å². The average Bonchev–Trinajstić information content (AvgIpc) is 4.10. The van der Waals surface area contributed by atoms with Crippen LogP contribution in [0.1, 0.15) is 17.7 Å². The SMILES string of the molecule is Cc1nnc(-c2cccc(-c3nnc(-c4cc(-c5nnc(-c6cccc(-c7nnc(C)o7)c6)s5)cc(-c5nnc(-c6cccc(-c7nnc(C)o7)c6)s5)c4)s3)c2)o1. The van der Waals surface area contributed by atoms with Crippen molar-refractivity contribution in [3.05, 3.63) is 109 Å². The fourth-order valence-corrected chi connectivity index (χ4v) is 8.44. The molecule has 0 aliphatic rings. The Morgan fingerprint density at radius 2 is 0.544 bits per heavy atom. The molecule has 0 aliphatic carbocycles. The van der Waals surface area contributed by atoms with Crippen LogP contribution in [0.3, 0.4) is 0 Å². The molecule has 10 aromatic rings. The third-order valence-corrected chi connectivity index (χ3v) is 11.7. The minimum absolute atomic E-state index is 0.442. The summed E-state index contributed by atoms with van der Waals surface area (Å²) in [4.78, 5) is 0. The van der Waals surface area contributed by atoms with Crippen LogP contribution >= 0.6 is 34.0 Å². The van der Waals surface area contributed by atoms with Crippen LogP contribution in [0.25, 0.3) is 97.8 Å². The van der Waals surface area contributed by atoms with E-state index in [1.54, 1.807) is 20.8 Å². The first-order valence-corrected chi connectivity index (χ1v) is 19.7. The van der Waals surface area contributed by atoms with E-state index in [-0.39, 0.29) is 0 Å². The first kappa shape index (κ1) is 34.5. The highest BCUT2D eigenvalue weighted by atomic mass is 32.1. The average molecular weight is 805 g/mol. The third kappa shape index (κ3) is 6.92. The summed E-state index contributed by atoms with van der Waals surface area (Å²) < 4.78 is 17.0. The smallest absolute Gasteiger partial charge is 0.247 e. The zero-order valence-electron chi connectivity index (χ0n) is 30.0. The summed E-state index contributed by atoms with van der Waals surface area (Å²) in [5, 5.41) is 56.4. The van der Waals surface area contributed by atoms with Gasteiger partial charge in [0.25, 0.3) is 0 Å². The van der Waals surface area contributed by atoms with Gasteiger partial charge in [-0.3, -0.25) is 0 Å². The Kier molecular flexibility index (Phi) is 8.61. The summed E-state index contributed by atoms with van der Waals surface area (Å²) in [6, 6.07) is 29.5. The molecule has 18 heteroatoms. The maximum atomic E-state index is 5.67. The summed E-state index contributed by atoms with van der Waals surface area (Å²) in [6.45, 7) is 5.28.